The predicted molar refractivity (Wildman–Crippen MR) is 35.7 cm³/mol. The number of carbonyl (C=O) groups is 1. The molecule has 0 bridgehead atoms. The zero-order chi connectivity index (χ0) is 8.10. The highest BCUT2D eigenvalue weighted by Crippen LogP contribution is 2.07. The first kappa shape index (κ1) is 8.29. The summed E-state index contributed by atoms with van der Waals surface area (Å²) in [5.74, 6) is 0. The number of rotatable bonds is 3. The Labute approximate surface area is 64.4 Å². The van der Waals surface area contributed by atoms with Crippen LogP contribution in [0.2, 0.25) is 0 Å². The van der Waals surface area contributed by atoms with E-state index in [2.05, 4.69) is 9.78 Å². The molecule has 0 atom stereocenters. The monoisotopic (exact) mass is 161 g/mol. The topological polar surface area (TPSA) is 59.0 Å². The van der Waals surface area contributed by atoms with E-state index >= 15 is 0 Å². The van der Waals surface area contributed by atoms with Gasteiger partial charge < -0.3 is 10.0 Å². The van der Waals surface area contributed by atoms with Crippen molar-refractivity contribution in [3.63, 3.8) is 0 Å². The maximum atomic E-state index is 10.8. The summed E-state index contributed by atoms with van der Waals surface area (Å²) in [4.78, 5) is 21.0. The predicted octanol–water partition coefficient (Wildman–Crippen LogP) is -0.247. The third kappa shape index (κ3) is 2.36. The maximum Gasteiger partial charge on any atom is 0.441 e. The van der Waals surface area contributed by atoms with Gasteiger partial charge in [0.2, 0.25) is 0 Å². The van der Waals surface area contributed by atoms with Crippen LogP contribution >= 0.6 is 0 Å². The van der Waals surface area contributed by atoms with E-state index in [9.17, 15) is 4.79 Å². The van der Waals surface area contributed by atoms with Gasteiger partial charge in [-0.05, 0) is 6.42 Å². The molecule has 0 unspecified atom stereocenters. The summed E-state index contributed by atoms with van der Waals surface area (Å²) >= 11 is 0. The van der Waals surface area contributed by atoms with Crippen molar-refractivity contribution in [2.75, 3.05) is 26.3 Å². The van der Waals surface area contributed by atoms with Crippen molar-refractivity contribution in [3.05, 3.63) is 0 Å². The van der Waals surface area contributed by atoms with Crippen LogP contribution in [-0.4, -0.2) is 42.4 Å². The molecular weight excluding hydrogens is 150 g/mol. The van der Waals surface area contributed by atoms with Crippen LogP contribution in [-0.2, 0) is 9.78 Å². The Balaban J connectivity index is 2.01. The number of carbonyl (C=O) groups excluding carboxylic acids is 1. The van der Waals surface area contributed by atoms with Crippen molar-refractivity contribution < 1.29 is 19.7 Å². The zero-order valence-electron chi connectivity index (χ0n) is 6.15. The molecule has 1 rings (SSSR count). The van der Waals surface area contributed by atoms with Crippen molar-refractivity contribution in [1.82, 2.24) is 4.90 Å². The second-order valence-electron chi connectivity index (χ2n) is 2.24. The van der Waals surface area contributed by atoms with Gasteiger partial charge in [0, 0.05) is 13.1 Å². The minimum absolute atomic E-state index is 0.0274. The molecule has 0 aromatic rings. The van der Waals surface area contributed by atoms with Crippen molar-refractivity contribution in [2.45, 2.75) is 6.42 Å². The van der Waals surface area contributed by atoms with Gasteiger partial charge in [0.05, 0.1) is 6.61 Å². The molecule has 0 aliphatic carbocycles. The van der Waals surface area contributed by atoms with E-state index in [0.29, 0.717) is 0 Å². The van der Waals surface area contributed by atoms with Crippen molar-refractivity contribution in [3.8, 4) is 0 Å². The van der Waals surface area contributed by atoms with Crippen LogP contribution in [0.5, 0.6) is 0 Å². The first-order valence-electron chi connectivity index (χ1n) is 3.54. The van der Waals surface area contributed by atoms with Gasteiger partial charge in [-0.3, -0.25) is 4.89 Å². The first-order valence-corrected chi connectivity index (χ1v) is 3.54. The number of nitrogens with zero attached hydrogens (tertiary/aromatic N) is 1. The summed E-state index contributed by atoms with van der Waals surface area (Å²) in [6.45, 7) is 1.36. The van der Waals surface area contributed by atoms with Crippen LogP contribution in [0.3, 0.4) is 0 Å². The number of aliphatic hydroxyl groups is 1. The molecule has 1 N–H and O–H groups in total. The number of hydrogen-bond acceptors (Lipinski definition) is 4. The van der Waals surface area contributed by atoms with Crippen LogP contribution in [0.15, 0.2) is 0 Å². The van der Waals surface area contributed by atoms with E-state index in [1.54, 1.807) is 0 Å². The van der Waals surface area contributed by atoms with Crippen LogP contribution in [0.25, 0.3) is 0 Å². The van der Waals surface area contributed by atoms with E-state index in [-0.39, 0.29) is 13.2 Å². The van der Waals surface area contributed by atoms with Crippen LogP contribution in [0, 0.1) is 0 Å². The van der Waals surface area contributed by atoms with Gasteiger partial charge in [0.15, 0.2) is 0 Å². The average molecular weight is 161 g/mol. The highest BCUT2D eigenvalue weighted by Gasteiger charge is 2.21. The fourth-order valence-electron chi connectivity index (χ4n) is 0.681. The molecule has 5 nitrogen and oxygen atoms in total. The summed E-state index contributed by atoms with van der Waals surface area (Å²) in [6.07, 6.45) is 0.555. The summed E-state index contributed by atoms with van der Waals surface area (Å²) in [5, 5.41) is 8.26. The molecule has 11 heavy (non-hydrogen) atoms. The van der Waals surface area contributed by atoms with Gasteiger partial charge >= 0.3 is 6.09 Å². The summed E-state index contributed by atoms with van der Waals surface area (Å²) in [7, 11) is 0. The lowest BCUT2D eigenvalue weighted by atomic mass is 10.2. The molecule has 0 spiro atoms. The molecule has 1 aliphatic rings. The van der Waals surface area contributed by atoms with Crippen LogP contribution in [0.4, 0.5) is 4.79 Å². The lowest BCUT2D eigenvalue weighted by Gasteiger charge is -2.28. The number of likely N-dealkylation sites (tertiary alicyclic amines) is 1. The molecule has 1 fully saturated rings. The van der Waals surface area contributed by atoms with Crippen LogP contribution < -0.4 is 0 Å². The normalized spacial score (nSPS) is 15.9. The third-order valence-corrected chi connectivity index (χ3v) is 1.42. The number of hydrogen-bond donors (Lipinski definition) is 1. The fourth-order valence-corrected chi connectivity index (χ4v) is 0.681. The lowest BCUT2D eigenvalue weighted by Crippen LogP contribution is -2.42. The molecule has 5 heteroatoms. The Morgan fingerprint density at radius 3 is 2.73 bits per heavy atom. The first-order chi connectivity index (χ1) is 5.34. The smallest absolute Gasteiger partial charge is 0.394 e. The molecule has 0 aromatic heterocycles. The van der Waals surface area contributed by atoms with E-state index in [4.69, 9.17) is 5.11 Å². The number of aliphatic hydroxyl groups excluding tert-OH is 1. The third-order valence-electron chi connectivity index (χ3n) is 1.42. The molecule has 0 radical (unpaired) electrons. The van der Waals surface area contributed by atoms with Gasteiger partial charge in [-0.2, -0.15) is 4.89 Å². The second-order valence-corrected chi connectivity index (χ2v) is 2.24. The molecule has 1 heterocycles. The van der Waals surface area contributed by atoms with E-state index in [1.807, 2.05) is 0 Å². The quantitative estimate of drug-likeness (QED) is 0.352. The summed E-state index contributed by atoms with van der Waals surface area (Å²) in [5.41, 5.74) is 0. The van der Waals surface area contributed by atoms with E-state index in [1.165, 1.54) is 4.90 Å². The van der Waals surface area contributed by atoms with Gasteiger partial charge in [-0.15, -0.1) is 0 Å². The molecule has 1 saturated heterocycles. The zero-order valence-corrected chi connectivity index (χ0v) is 6.15. The molecule has 0 aromatic carbocycles. The fraction of sp³-hybridized carbons (Fsp3) is 0.833. The van der Waals surface area contributed by atoms with Crippen molar-refractivity contribution >= 4 is 6.09 Å². The second kappa shape index (κ2) is 4.15. The molecular formula is C6H11NO4. The lowest BCUT2D eigenvalue weighted by molar-refractivity contribution is -0.251. The minimum atomic E-state index is -0.468. The van der Waals surface area contributed by atoms with Crippen molar-refractivity contribution in [1.29, 1.82) is 0 Å². The molecule has 1 aliphatic heterocycles. The highest BCUT2D eigenvalue weighted by atomic mass is 17.2. The van der Waals surface area contributed by atoms with Gasteiger partial charge in [0.1, 0.15) is 6.61 Å². The van der Waals surface area contributed by atoms with Gasteiger partial charge in [-0.1, -0.05) is 0 Å². The molecule has 1 amide bonds. The SMILES string of the molecule is O=C(OOCCO)N1CCC1. The summed E-state index contributed by atoms with van der Waals surface area (Å²) in [6, 6.07) is 0. The van der Waals surface area contributed by atoms with Gasteiger partial charge in [-0.25, -0.2) is 4.79 Å². The van der Waals surface area contributed by atoms with E-state index < -0.39 is 6.09 Å². The van der Waals surface area contributed by atoms with Crippen molar-refractivity contribution in [2.24, 2.45) is 0 Å². The minimum Gasteiger partial charge on any atom is -0.394 e. The Hall–Kier alpha value is -0.810. The molecule has 64 valence electrons. The van der Waals surface area contributed by atoms with Gasteiger partial charge in [0.25, 0.3) is 0 Å². The van der Waals surface area contributed by atoms with E-state index in [0.717, 1.165) is 19.5 Å². The Kier molecular flexibility index (Phi) is 3.13. The Morgan fingerprint density at radius 1 is 1.55 bits per heavy atom. The Bertz CT molecular complexity index is 135. The average Bonchev–Trinajstić information content (AvgIpc) is 1.84. The maximum absolute atomic E-state index is 10.8. The van der Waals surface area contributed by atoms with Crippen LogP contribution in [0.1, 0.15) is 6.42 Å². The molecule has 0 saturated carbocycles. The largest absolute Gasteiger partial charge is 0.441 e. The summed E-state index contributed by atoms with van der Waals surface area (Å²) < 4.78 is 0. The Morgan fingerprint density at radius 2 is 2.27 bits per heavy atom. The highest BCUT2D eigenvalue weighted by molar-refractivity contribution is 5.67. The number of amides is 1. The standard InChI is InChI=1S/C6H11NO4/c8-4-5-10-11-6(9)7-2-1-3-7/h8H,1-5H2.